The Balaban J connectivity index is 1.87. The van der Waals surface area contributed by atoms with Crippen LogP contribution in [-0.4, -0.2) is 37.2 Å². The van der Waals surface area contributed by atoms with Gasteiger partial charge in [0.2, 0.25) is 0 Å². The minimum Gasteiger partial charge on any atom is -0.364 e. The molecular formula is C10H15NO. The Morgan fingerprint density at radius 2 is 2.17 bits per heavy atom. The standard InChI is InChI=1S/C10H15NO/c1-2-7-12-10-8-11-5-3-9(10)4-6-11/h1,9-10H,3-8H2. The number of hydrogen-bond donors (Lipinski definition) is 0. The van der Waals surface area contributed by atoms with Crippen molar-refractivity contribution < 1.29 is 4.74 Å². The predicted octanol–water partition coefficient (Wildman–Crippen LogP) is 0.730. The summed E-state index contributed by atoms with van der Waals surface area (Å²) in [5.41, 5.74) is 0. The summed E-state index contributed by atoms with van der Waals surface area (Å²) in [5, 5.41) is 0. The molecular weight excluding hydrogens is 150 g/mol. The molecule has 2 nitrogen and oxygen atoms in total. The lowest BCUT2D eigenvalue weighted by Crippen LogP contribution is -2.51. The Bertz CT molecular complexity index is 189. The summed E-state index contributed by atoms with van der Waals surface area (Å²) in [7, 11) is 0. The predicted molar refractivity (Wildman–Crippen MR) is 47.7 cm³/mol. The summed E-state index contributed by atoms with van der Waals surface area (Å²) in [6, 6.07) is 0. The molecule has 0 aromatic rings. The van der Waals surface area contributed by atoms with Gasteiger partial charge in [0, 0.05) is 6.54 Å². The van der Waals surface area contributed by atoms with Crippen molar-refractivity contribution >= 4 is 0 Å². The smallest absolute Gasteiger partial charge is 0.107 e. The van der Waals surface area contributed by atoms with E-state index in [1.165, 1.54) is 25.9 Å². The molecule has 0 aromatic carbocycles. The molecule has 12 heavy (non-hydrogen) atoms. The van der Waals surface area contributed by atoms with Crippen LogP contribution in [0.1, 0.15) is 12.8 Å². The van der Waals surface area contributed by atoms with Crippen molar-refractivity contribution in [2.75, 3.05) is 26.2 Å². The molecule has 0 spiro atoms. The van der Waals surface area contributed by atoms with E-state index in [-0.39, 0.29) is 0 Å². The average molecular weight is 165 g/mol. The van der Waals surface area contributed by atoms with Crippen molar-refractivity contribution in [1.29, 1.82) is 0 Å². The molecule has 3 aliphatic heterocycles. The van der Waals surface area contributed by atoms with Gasteiger partial charge in [-0.25, -0.2) is 0 Å². The molecule has 3 saturated heterocycles. The van der Waals surface area contributed by atoms with Crippen molar-refractivity contribution in [1.82, 2.24) is 4.90 Å². The van der Waals surface area contributed by atoms with E-state index in [0.29, 0.717) is 12.7 Å². The van der Waals surface area contributed by atoms with Gasteiger partial charge in [0.1, 0.15) is 6.61 Å². The molecule has 3 heterocycles. The molecule has 0 radical (unpaired) electrons. The van der Waals surface area contributed by atoms with E-state index in [2.05, 4.69) is 10.8 Å². The lowest BCUT2D eigenvalue weighted by Gasteiger charge is -2.44. The maximum absolute atomic E-state index is 5.59. The Kier molecular flexibility index (Phi) is 2.34. The molecule has 66 valence electrons. The van der Waals surface area contributed by atoms with Gasteiger partial charge in [0.25, 0.3) is 0 Å². The summed E-state index contributed by atoms with van der Waals surface area (Å²) in [6.45, 7) is 4.11. The quantitative estimate of drug-likeness (QED) is 0.559. The molecule has 3 fully saturated rings. The number of terminal acetylenes is 1. The summed E-state index contributed by atoms with van der Waals surface area (Å²) in [5.74, 6) is 3.31. The molecule has 0 saturated carbocycles. The first-order valence-electron chi connectivity index (χ1n) is 4.67. The molecule has 0 aliphatic carbocycles. The Morgan fingerprint density at radius 1 is 1.42 bits per heavy atom. The zero-order valence-corrected chi connectivity index (χ0v) is 7.33. The van der Waals surface area contributed by atoms with Gasteiger partial charge in [-0.15, -0.1) is 6.42 Å². The monoisotopic (exact) mass is 165 g/mol. The van der Waals surface area contributed by atoms with Gasteiger partial charge in [-0.05, 0) is 31.8 Å². The van der Waals surface area contributed by atoms with Crippen LogP contribution in [0.4, 0.5) is 0 Å². The Hall–Kier alpha value is -0.520. The highest BCUT2D eigenvalue weighted by atomic mass is 16.5. The number of nitrogens with zero attached hydrogens (tertiary/aromatic N) is 1. The minimum absolute atomic E-state index is 0.420. The second-order valence-corrected chi connectivity index (χ2v) is 3.69. The summed E-state index contributed by atoms with van der Waals surface area (Å²) >= 11 is 0. The molecule has 3 aliphatic rings. The molecule has 0 amide bonds. The van der Waals surface area contributed by atoms with E-state index < -0.39 is 0 Å². The van der Waals surface area contributed by atoms with Gasteiger partial charge in [0.05, 0.1) is 6.10 Å². The topological polar surface area (TPSA) is 12.5 Å². The van der Waals surface area contributed by atoms with Crippen LogP contribution in [-0.2, 0) is 4.74 Å². The van der Waals surface area contributed by atoms with Crippen LogP contribution < -0.4 is 0 Å². The lowest BCUT2D eigenvalue weighted by atomic mass is 9.86. The third-order valence-electron chi connectivity index (χ3n) is 2.98. The summed E-state index contributed by atoms with van der Waals surface area (Å²) in [4.78, 5) is 2.47. The van der Waals surface area contributed by atoms with Crippen LogP contribution in [0, 0.1) is 18.3 Å². The van der Waals surface area contributed by atoms with Crippen LogP contribution in [0.2, 0.25) is 0 Å². The van der Waals surface area contributed by atoms with E-state index >= 15 is 0 Å². The van der Waals surface area contributed by atoms with Crippen molar-refractivity contribution in [3.63, 3.8) is 0 Å². The van der Waals surface area contributed by atoms with E-state index in [9.17, 15) is 0 Å². The average Bonchev–Trinajstić information content (AvgIpc) is 2.17. The van der Waals surface area contributed by atoms with Crippen LogP contribution in [0.5, 0.6) is 0 Å². The van der Waals surface area contributed by atoms with E-state index in [4.69, 9.17) is 11.2 Å². The Morgan fingerprint density at radius 3 is 2.67 bits per heavy atom. The molecule has 2 bridgehead atoms. The Labute approximate surface area is 73.9 Å². The highest BCUT2D eigenvalue weighted by Gasteiger charge is 2.34. The van der Waals surface area contributed by atoms with Gasteiger partial charge < -0.3 is 9.64 Å². The lowest BCUT2D eigenvalue weighted by molar-refractivity contribution is -0.0588. The summed E-state index contributed by atoms with van der Waals surface area (Å²) in [6.07, 6.45) is 8.18. The largest absolute Gasteiger partial charge is 0.364 e. The van der Waals surface area contributed by atoms with Crippen LogP contribution in [0.3, 0.4) is 0 Å². The summed E-state index contributed by atoms with van der Waals surface area (Å²) < 4.78 is 5.59. The van der Waals surface area contributed by atoms with Crippen molar-refractivity contribution in [2.24, 2.45) is 5.92 Å². The highest BCUT2D eigenvalue weighted by Crippen LogP contribution is 2.29. The van der Waals surface area contributed by atoms with Gasteiger partial charge >= 0.3 is 0 Å². The van der Waals surface area contributed by atoms with E-state index in [1.807, 2.05) is 0 Å². The van der Waals surface area contributed by atoms with E-state index in [0.717, 1.165) is 12.5 Å². The molecule has 0 N–H and O–H groups in total. The first-order valence-corrected chi connectivity index (χ1v) is 4.67. The fourth-order valence-corrected chi connectivity index (χ4v) is 2.25. The maximum atomic E-state index is 5.59. The van der Waals surface area contributed by atoms with Crippen LogP contribution >= 0.6 is 0 Å². The van der Waals surface area contributed by atoms with Gasteiger partial charge in [-0.1, -0.05) is 5.92 Å². The SMILES string of the molecule is C#CCOC1CN2CCC1CC2. The first kappa shape index (κ1) is 8.10. The highest BCUT2D eigenvalue weighted by molar-refractivity contribution is 4.90. The zero-order valence-electron chi connectivity index (χ0n) is 7.33. The van der Waals surface area contributed by atoms with Gasteiger partial charge in [-0.2, -0.15) is 0 Å². The maximum Gasteiger partial charge on any atom is 0.107 e. The molecule has 3 rings (SSSR count). The number of hydrogen-bond acceptors (Lipinski definition) is 2. The van der Waals surface area contributed by atoms with Crippen LogP contribution in [0.25, 0.3) is 0 Å². The number of ether oxygens (including phenoxy) is 1. The van der Waals surface area contributed by atoms with Gasteiger partial charge in [0.15, 0.2) is 0 Å². The van der Waals surface area contributed by atoms with Crippen molar-refractivity contribution in [3.05, 3.63) is 0 Å². The third kappa shape index (κ3) is 1.48. The fraction of sp³-hybridized carbons (Fsp3) is 0.800. The normalized spacial score (nSPS) is 39.4. The third-order valence-corrected chi connectivity index (χ3v) is 2.98. The van der Waals surface area contributed by atoms with Crippen molar-refractivity contribution in [2.45, 2.75) is 18.9 Å². The molecule has 1 atom stereocenters. The molecule has 2 heteroatoms. The first-order chi connectivity index (χ1) is 5.90. The fourth-order valence-electron chi connectivity index (χ4n) is 2.25. The number of fused-ring (bicyclic) bond motifs is 3. The number of rotatable bonds is 2. The van der Waals surface area contributed by atoms with Gasteiger partial charge in [-0.3, -0.25) is 0 Å². The van der Waals surface area contributed by atoms with Crippen LogP contribution in [0.15, 0.2) is 0 Å². The van der Waals surface area contributed by atoms with Crippen molar-refractivity contribution in [3.8, 4) is 12.3 Å². The number of piperidine rings is 3. The zero-order chi connectivity index (χ0) is 8.39. The second-order valence-electron chi connectivity index (χ2n) is 3.69. The molecule has 1 unspecified atom stereocenters. The molecule has 0 aromatic heterocycles. The minimum atomic E-state index is 0.420. The second kappa shape index (κ2) is 3.47. The van der Waals surface area contributed by atoms with E-state index in [1.54, 1.807) is 0 Å².